The molecule has 0 aromatic carbocycles. The number of likely N-dealkylation sites (N-methyl/N-ethyl adjacent to an activating group) is 1. The van der Waals surface area contributed by atoms with Gasteiger partial charge in [-0.25, -0.2) is 0 Å². The zero-order valence-corrected chi connectivity index (χ0v) is 18.6. The van der Waals surface area contributed by atoms with E-state index >= 15 is 0 Å². The van der Waals surface area contributed by atoms with Crippen molar-refractivity contribution < 1.29 is 9.47 Å². The van der Waals surface area contributed by atoms with E-state index in [2.05, 4.69) is 38.1 Å². The van der Waals surface area contributed by atoms with Gasteiger partial charge in [0.05, 0.1) is 12.7 Å². The number of nitrogens with zero attached hydrogens (tertiary/aromatic N) is 1. The van der Waals surface area contributed by atoms with Gasteiger partial charge in [0.2, 0.25) is 0 Å². The van der Waals surface area contributed by atoms with E-state index in [9.17, 15) is 0 Å². The smallest absolute Gasteiger partial charge is 0.158 e. The fourth-order valence-electron chi connectivity index (χ4n) is 3.72. The summed E-state index contributed by atoms with van der Waals surface area (Å²) in [5, 5.41) is 0. The maximum atomic E-state index is 5.92. The van der Waals surface area contributed by atoms with Gasteiger partial charge < -0.3 is 14.4 Å². The van der Waals surface area contributed by atoms with Crippen LogP contribution in [0, 0.1) is 0 Å². The summed E-state index contributed by atoms with van der Waals surface area (Å²) in [6.45, 7) is 4.00. The van der Waals surface area contributed by atoms with Crippen LogP contribution in [0.25, 0.3) is 0 Å². The van der Waals surface area contributed by atoms with Crippen LogP contribution in [0.3, 0.4) is 0 Å². The molecule has 1 fully saturated rings. The molecule has 1 rings (SSSR count). The van der Waals surface area contributed by atoms with Crippen molar-refractivity contribution in [2.75, 3.05) is 27.2 Å². The SMILES string of the molecule is CCCCCCCC/C=C\CCCCCCCCC1OCC(CN(C)C)O1. The Balaban J connectivity index is 1.77. The molecule has 0 radical (unpaired) electrons. The number of hydrogen-bond donors (Lipinski definition) is 0. The van der Waals surface area contributed by atoms with E-state index in [-0.39, 0.29) is 12.4 Å². The molecule has 0 N–H and O–H groups in total. The lowest BCUT2D eigenvalue weighted by Crippen LogP contribution is -2.27. The fourth-order valence-corrected chi connectivity index (χ4v) is 3.72. The summed E-state index contributed by atoms with van der Waals surface area (Å²) >= 11 is 0. The summed E-state index contributed by atoms with van der Waals surface area (Å²) in [4.78, 5) is 2.17. The van der Waals surface area contributed by atoms with Crippen LogP contribution >= 0.6 is 0 Å². The lowest BCUT2D eigenvalue weighted by molar-refractivity contribution is -0.0656. The van der Waals surface area contributed by atoms with Gasteiger partial charge in [0.15, 0.2) is 6.29 Å². The van der Waals surface area contributed by atoms with Crippen molar-refractivity contribution in [3.05, 3.63) is 12.2 Å². The Morgan fingerprint density at radius 3 is 1.93 bits per heavy atom. The largest absolute Gasteiger partial charge is 0.350 e. The molecule has 3 nitrogen and oxygen atoms in total. The molecule has 2 unspecified atom stereocenters. The first-order chi connectivity index (χ1) is 13.2. The Morgan fingerprint density at radius 1 is 0.778 bits per heavy atom. The maximum Gasteiger partial charge on any atom is 0.158 e. The molecule has 0 aromatic heterocycles. The molecule has 1 heterocycles. The minimum atomic E-state index is 0.0479. The molecule has 1 aliphatic heterocycles. The Hall–Kier alpha value is -0.380. The van der Waals surface area contributed by atoms with Crippen LogP contribution in [0.2, 0.25) is 0 Å². The molecule has 0 saturated carbocycles. The minimum absolute atomic E-state index is 0.0479. The lowest BCUT2D eigenvalue weighted by atomic mass is 10.1. The molecule has 3 heteroatoms. The molecule has 0 amide bonds. The predicted octanol–water partition coefficient (Wildman–Crippen LogP) is 6.72. The van der Waals surface area contributed by atoms with Crippen LogP contribution in [0.15, 0.2) is 12.2 Å². The van der Waals surface area contributed by atoms with Crippen LogP contribution < -0.4 is 0 Å². The molecule has 2 atom stereocenters. The van der Waals surface area contributed by atoms with Crippen molar-refractivity contribution in [1.82, 2.24) is 4.90 Å². The van der Waals surface area contributed by atoms with Gasteiger partial charge in [-0.3, -0.25) is 0 Å². The highest BCUT2D eigenvalue weighted by Gasteiger charge is 2.25. The summed E-state index contributed by atoms with van der Waals surface area (Å²) in [5.41, 5.74) is 0. The number of allylic oxidation sites excluding steroid dienone is 2. The quantitative estimate of drug-likeness (QED) is 0.194. The first kappa shape index (κ1) is 24.7. The highest BCUT2D eigenvalue weighted by molar-refractivity contribution is 4.81. The predicted molar refractivity (Wildman–Crippen MR) is 117 cm³/mol. The van der Waals surface area contributed by atoms with Crippen LogP contribution in [-0.2, 0) is 9.47 Å². The monoisotopic (exact) mass is 381 g/mol. The third kappa shape index (κ3) is 15.2. The Bertz CT molecular complexity index is 343. The lowest BCUT2D eigenvalue weighted by Gasteiger charge is -2.15. The van der Waals surface area contributed by atoms with E-state index in [0.717, 1.165) is 19.6 Å². The van der Waals surface area contributed by atoms with Crippen LogP contribution in [-0.4, -0.2) is 44.5 Å². The second kappa shape index (κ2) is 17.7. The molecule has 0 aliphatic carbocycles. The van der Waals surface area contributed by atoms with E-state index in [0.29, 0.717) is 0 Å². The molecule has 1 saturated heterocycles. The van der Waals surface area contributed by atoms with Crippen LogP contribution in [0.1, 0.15) is 103 Å². The van der Waals surface area contributed by atoms with Crippen molar-refractivity contribution >= 4 is 0 Å². The van der Waals surface area contributed by atoms with Crippen molar-refractivity contribution in [1.29, 1.82) is 0 Å². The Kier molecular flexibility index (Phi) is 16.2. The van der Waals surface area contributed by atoms with E-state index in [4.69, 9.17) is 9.47 Å². The standard InChI is InChI=1S/C24H47NO2/c1-4-5-6-7-8-9-10-11-12-13-14-15-16-17-18-19-20-24-26-22-23(27-24)21-25(2)3/h11-12,23-24H,4-10,13-22H2,1-3H3/b12-11-. The summed E-state index contributed by atoms with van der Waals surface area (Å²) in [6, 6.07) is 0. The Labute approximate surface area is 169 Å². The Morgan fingerprint density at radius 2 is 1.33 bits per heavy atom. The topological polar surface area (TPSA) is 21.7 Å². The van der Waals surface area contributed by atoms with Gasteiger partial charge in [-0.15, -0.1) is 0 Å². The normalized spacial score (nSPS) is 20.3. The second-order valence-electron chi connectivity index (χ2n) is 8.51. The average Bonchev–Trinajstić information content (AvgIpc) is 3.08. The molecular weight excluding hydrogens is 334 g/mol. The first-order valence-electron chi connectivity index (χ1n) is 11.8. The summed E-state index contributed by atoms with van der Waals surface area (Å²) in [6.07, 6.45) is 25.2. The summed E-state index contributed by atoms with van der Waals surface area (Å²) in [5.74, 6) is 0. The molecule has 0 aromatic rings. The van der Waals surface area contributed by atoms with Gasteiger partial charge in [-0.2, -0.15) is 0 Å². The van der Waals surface area contributed by atoms with E-state index in [1.165, 1.54) is 89.9 Å². The van der Waals surface area contributed by atoms with Gasteiger partial charge in [0.25, 0.3) is 0 Å². The van der Waals surface area contributed by atoms with Crippen molar-refractivity contribution in [3.8, 4) is 0 Å². The van der Waals surface area contributed by atoms with Crippen molar-refractivity contribution in [2.24, 2.45) is 0 Å². The van der Waals surface area contributed by atoms with E-state index in [1.807, 2.05) is 0 Å². The molecule has 0 spiro atoms. The molecule has 1 aliphatic rings. The van der Waals surface area contributed by atoms with Gasteiger partial charge in [0, 0.05) is 6.54 Å². The van der Waals surface area contributed by atoms with Crippen LogP contribution in [0.4, 0.5) is 0 Å². The van der Waals surface area contributed by atoms with Gasteiger partial charge in [-0.05, 0) is 52.6 Å². The third-order valence-electron chi connectivity index (χ3n) is 5.33. The highest BCUT2D eigenvalue weighted by atomic mass is 16.7. The summed E-state index contributed by atoms with van der Waals surface area (Å²) in [7, 11) is 4.17. The van der Waals surface area contributed by atoms with Crippen molar-refractivity contribution in [3.63, 3.8) is 0 Å². The number of rotatable bonds is 18. The fraction of sp³-hybridized carbons (Fsp3) is 0.917. The second-order valence-corrected chi connectivity index (χ2v) is 8.51. The molecular formula is C24H47NO2. The number of ether oxygens (including phenoxy) is 2. The minimum Gasteiger partial charge on any atom is -0.350 e. The zero-order chi connectivity index (χ0) is 19.6. The molecule has 160 valence electrons. The zero-order valence-electron chi connectivity index (χ0n) is 18.6. The van der Waals surface area contributed by atoms with Crippen LogP contribution in [0.5, 0.6) is 0 Å². The summed E-state index contributed by atoms with van der Waals surface area (Å²) < 4.78 is 11.7. The molecule has 27 heavy (non-hydrogen) atoms. The van der Waals surface area contributed by atoms with E-state index in [1.54, 1.807) is 0 Å². The molecule has 0 bridgehead atoms. The number of hydrogen-bond acceptors (Lipinski definition) is 3. The van der Waals surface area contributed by atoms with Crippen molar-refractivity contribution in [2.45, 2.75) is 116 Å². The maximum absolute atomic E-state index is 5.92. The first-order valence-corrected chi connectivity index (χ1v) is 11.8. The highest BCUT2D eigenvalue weighted by Crippen LogP contribution is 2.18. The number of unbranched alkanes of at least 4 members (excludes halogenated alkanes) is 12. The van der Waals surface area contributed by atoms with E-state index < -0.39 is 0 Å². The van der Waals surface area contributed by atoms with Gasteiger partial charge in [-0.1, -0.05) is 76.9 Å². The third-order valence-corrected chi connectivity index (χ3v) is 5.33. The average molecular weight is 382 g/mol. The van der Waals surface area contributed by atoms with Gasteiger partial charge in [0.1, 0.15) is 0 Å². The van der Waals surface area contributed by atoms with Gasteiger partial charge >= 0.3 is 0 Å².